The first kappa shape index (κ1) is 14.3. The molecule has 0 saturated heterocycles. The highest BCUT2D eigenvalue weighted by Gasteiger charge is 2.22. The molecule has 0 atom stereocenters. The molecule has 5 nitrogen and oxygen atoms in total. The van der Waals surface area contributed by atoms with Gasteiger partial charge in [0, 0.05) is 25.7 Å². The Morgan fingerprint density at radius 3 is 2.60 bits per heavy atom. The number of thiazole rings is 1. The van der Waals surface area contributed by atoms with Crippen LogP contribution in [0, 0.1) is 0 Å². The van der Waals surface area contributed by atoms with Gasteiger partial charge in [0.05, 0.1) is 11.6 Å². The van der Waals surface area contributed by atoms with Crippen LogP contribution in [0.2, 0.25) is 0 Å². The predicted octanol–water partition coefficient (Wildman–Crippen LogP) is 2.51. The summed E-state index contributed by atoms with van der Waals surface area (Å²) in [4.78, 5) is 31.9. The molecule has 0 aliphatic rings. The topological polar surface area (TPSA) is 69.2 Å². The van der Waals surface area contributed by atoms with Crippen molar-refractivity contribution < 1.29 is 14.3 Å². The number of Topliss-reactive ketones (excluding diaryl/α,β-unsaturated/α-hetero) is 1. The minimum absolute atomic E-state index is 0.119. The number of nitrogens with zero attached hydrogens (tertiary/aromatic N) is 2. The molecular formula is C14H14N2O3S. The highest BCUT2D eigenvalue weighted by Crippen LogP contribution is 2.22. The summed E-state index contributed by atoms with van der Waals surface area (Å²) in [6, 6.07) is 3.75. The van der Waals surface area contributed by atoms with Crippen molar-refractivity contribution >= 4 is 23.1 Å². The van der Waals surface area contributed by atoms with Crippen LogP contribution in [0.25, 0.3) is 0 Å². The van der Waals surface area contributed by atoms with Gasteiger partial charge in [-0.2, -0.15) is 0 Å². The van der Waals surface area contributed by atoms with Crippen molar-refractivity contribution in [3.05, 3.63) is 45.7 Å². The van der Waals surface area contributed by atoms with Crippen LogP contribution in [0.4, 0.5) is 0 Å². The fraction of sp³-hybridized carbons (Fsp3) is 0.286. The molecule has 0 saturated carbocycles. The molecule has 0 fully saturated rings. The van der Waals surface area contributed by atoms with Crippen LogP contribution in [-0.4, -0.2) is 28.3 Å². The number of aromatic nitrogens is 2. The Balaban J connectivity index is 2.29. The average molecular weight is 290 g/mol. The average Bonchev–Trinajstić information content (AvgIpc) is 2.84. The summed E-state index contributed by atoms with van der Waals surface area (Å²) >= 11 is 1.23. The molecule has 6 heteroatoms. The van der Waals surface area contributed by atoms with E-state index in [9.17, 15) is 9.59 Å². The lowest BCUT2D eigenvalue weighted by Crippen LogP contribution is -2.09. The van der Waals surface area contributed by atoms with Crippen LogP contribution in [0.15, 0.2) is 24.5 Å². The standard InChI is InChI=1S/C14H14N2O3S/c1-3-19-14(18)12-13(9(2)17)20-11(16-12)8-10-4-6-15-7-5-10/h4-7H,3,8H2,1-2H3. The second-order valence-corrected chi connectivity index (χ2v) is 5.18. The third-order valence-corrected chi connectivity index (χ3v) is 3.72. The third kappa shape index (κ3) is 3.27. The summed E-state index contributed by atoms with van der Waals surface area (Å²) < 4.78 is 4.93. The van der Waals surface area contributed by atoms with E-state index in [1.54, 1.807) is 19.3 Å². The Hall–Kier alpha value is -2.08. The van der Waals surface area contributed by atoms with Gasteiger partial charge in [0.2, 0.25) is 0 Å². The SMILES string of the molecule is CCOC(=O)c1nc(Cc2ccncc2)sc1C(C)=O. The monoisotopic (exact) mass is 290 g/mol. The maximum Gasteiger partial charge on any atom is 0.358 e. The van der Waals surface area contributed by atoms with Crippen LogP contribution in [-0.2, 0) is 11.2 Å². The number of ketones is 1. The van der Waals surface area contributed by atoms with Crippen molar-refractivity contribution in [2.45, 2.75) is 20.3 Å². The Labute approximate surface area is 120 Å². The molecule has 0 aliphatic heterocycles. The quantitative estimate of drug-likeness (QED) is 0.625. The molecule has 0 aliphatic carbocycles. The van der Waals surface area contributed by atoms with E-state index < -0.39 is 5.97 Å². The Bertz CT molecular complexity index is 623. The molecule has 2 rings (SSSR count). The van der Waals surface area contributed by atoms with E-state index >= 15 is 0 Å². The lowest BCUT2D eigenvalue weighted by molar-refractivity contribution is 0.0517. The van der Waals surface area contributed by atoms with Crippen LogP contribution in [0.3, 0.4) is 0 Å². The number of carbonyl (C=O) groups excluding carboxylic acids is 2. The highest BCUT2D eigenvalue weighted by atomic mass is 32.1. The van der Waals surface area contributed by atoms with Crippen molar-refractivity contribution in [1.82, 2.24) is 9.97 Å². The van der Waals surface area contributed by atoms with Gasteiger partial charge in [-0.3, -0.25) is 9.78 Å². The number of esters is 1. The zero-order valence-corrected chi connectivity index (χ0v) is 12.1. The van der Waals surface area contributed by atoms with E-state index in [0.717, 1.165) is 5.56 Å². The first-order chi connectivity index (χ1) is 9.61. The van der Waals surface area contributed by atoms with Gasteiger partial charge in [-0.15, -0.1) is 11.3 Å². The molecular weight excluding hydrogens is 276 g/mol. The van der Waals surface area contributed by atoms with Gasteiger partial charge in [-0.1, -0.05) is 0 Å². The molecule has 104 valence electrons. The summed E-state index contributed by atoms with van der Waals surface area (Å²) in [7, 11) is 0. The van der Waals surface area contributed by atoms with Gasteiger partial charge >= 0.3 is 5.97 Å². The fourth-order valence-electron chi connectivity index (χ4n) is 1.69. The maximum absolute atomic E-state index is 11.8. The Morgan fingerprint density at radius 1 is 1.30 bits per heavy atom. The molecule has 2 aromatic rings. The highest BCUT2D eigenvalue weighted by molar-refractivity contribution is 7.14. The van der Waals surface area contributed by atoms with E-state index in [2.05, 4.69) is 9.97 Å². The zero-order valence-electron chi connectivity index (χ0n) is 11.3. The van der Waals surface area contributed by atoms with Gasteiger partial charge in [-0.05, 0) is 24.6 Å². The minimum atomic E-state index is -0.546. The summed E-state index contributed by atoms with van der Waals surface area (Å²) in [6.07, 6.45) is 3.95. The number of hydrogen-bond donors (Lipinski definition) is 0. The number of ether oxygens (including phenoxy) is 1. The molecule has 0 unspecified atom stereocenters. The molecule has 0 N–H and O–H groups in total. The summed E-state index contributed by atoms with van der Waals surface area (Å²) in [6.45, 7) is 3.40. The van der Waals surface area contributed by atoms with Crippen LogP contribution >= 0.6 is 11.3 Å². The van der Waals surface area contributed by atoms with Crippen LogP contribution < -0.4 is 0 Å². The van der Waals surface area contributed by atoms with Gasteiger partial charge in [-0.25, -0.2) is 9.78 Å². The zero-order chi connectivity index (χ0) is 14.5. The Kier molecular flexibility index (Phi) is 4.57. The molecule has 0 amide bonds. The third-order valence-electron chi connectivity index (χ3n) is 2.56. The van der Waals surface area contributed by atoms with Crippen molar-refractivity contribution in [1.29, 1.82) is 0 Å². The molecule has 0 aromatic carbocycles. The second kappa shape index (κ2) is 6.38. The van der Waals surface area contributed by atoms with E-state index in [-0.39, 0.29) is 18.1 Å². The first-order valence-corrected chi connectivity index (χ1v) is 7.00. The predicted molar refractivity (Wildman–Crippen MR) is 75.1 cm³/mol. The molecule has 0 spiro atoms. The molecule has 20 heavy (non-hydrogen) atoms. The van der Waals surface area contributed by atoms with Gasteiger partial charge in [0.1, 0.15) is 4.88 Å². The molecule has 0 radical (unpaired) electrons. The second-order valence-electron chi connectivity index (χ2n) is 4.09. The summed E-state index contributed by atoms with van der Waals surface area (Å²) in [5, 5.41) is 0.712. The maximum atomic E-state index is 11.8. The Morgan fingerprint density at radius 2 is 2.00 bits per heavy atom. The van der Waals surface area contributed by atoms with E-state index in [1.807, 2.05) is 12.1 Å². The number of hydrogen-bond acceptors (Lipinski definition) is 6. The normalized spacial score (nSPS) is 10.3. The van der Waals surface area contributed by atoms with Crippen molar-refractivity contribution in [2.75, 3.05) is 6.61 Å². The van der Waals surface area contributed by atoms with E-state index in [4.69, 9.17) is 4.74 Å². The minimum Gasteiger partial charge on any atom is -0.461 e. The molecule has 0 bridgehead atoms. The van der Waals surface area contributed by atoms with E-state index in [0.29, 0.717) is 16.3 Å². The lowest BCUT2D eigenvalue weighted by atomic mass is 10.2. The van der Waals surface area contributed by atoms with Crippen molar-refractivity contribution in [3.63, 3.8) is 0 Å². The number of pyridine rings is 1. The smallest absolute Gasteiger partial charge is 0.358 e. The van der Waals surface area contributed by atoms with Crippen molar-refractivity contribution in [2.24, 2.45) is 0 Å². The number of rotatable bonds is 5. The molecule has 2 heterocycles. The first-order valence-electron chi connectivity index (χ1n) is 6.18. The van der Waals surface area contributed by atoms with Crippen molar-refractivity contribution in [3.8, 4) is 0 Å². The van der Waals surface area contributed by atoms with E-state index in [1.165, 1.54) is 18.3 Å². The van der Waals surface area contributed by atoms with Crippen LogP contribution in [0.5, 0.6) is 0 Å². The van der Waals surface area contributed by atoms with Gasteiger partial charge in [0.25, 0.3) is 0 Å². The summed E-state index contributed by atoms with van der Waals surface area (Å²) in [5.41, 5.74) is 1.15. The lowest BCUT2D eigenvalue weighted by Gasteiger charge is -1.99. The largest absolute Gasteiger partial charge is 0.461 e. The van der Waals surface area contributed by atoms with Crippen LogP contribution in [0.1, 0.15) is 44.6 Å². The van der Waals surface area contributed by atoms with Gasteiger partial charge in [0.15, 0.2) is 11.5 Å². The fourth-order valence-corrected chi connectivity index (χ4v) is 2.67. The number of carbonyl (C=O) groups is 2. The van der Waals surface area contributed by atoms with Gasteiger partial charge < -0.3 is 4.74 Å². The molecule has 2 aromatic heterocycles. The summed E-state index contributed by atoms with van der Waals surface area (Å²) in [5.74, 6) is -0.721.